The number of hydrogen-bond donors (Lipinski definition) is 0. The van der Waals surface area contributed by atoms with E-state index in [4.69, 9.17) is 4.52 Å². The lowest BCUT2D eigenvalue weighted by molar-refractivity contribution is -0.137. The number of alkyl halides is 3. The fourth-order valence-electron chi connectivity index (χ4n) is 2.35. The first-order valence-electron chi connectivity index (χ1n) is 7.15. The standard InChI is InChI=1S/C16H17F3N2O2/c1-4-21(15(22)14-8-10(2)20-23-14)11(3)12-6-5-7-13(9-12)16(17,18)19/h5-9,11H,4H2,1-3H3. The first-order chi connectivity index (χ1) is 10.7. The Hall–Kier alpha value is -2.31. The zero-order valence-electron chi connectivity index (χ0n) is 13.0. The van der Waals surface area contributed by atoms with Gasteiger partial charge in [-0.3, -0.25) is 4.79 Å². The van der Waals surface area contributed by atoms with Crippen LogP contribution in [0.15, 0.2) is 34.9 Å². The normalized spacial score (nSPS) is 13.0. The second-order valence-corrected chi connectivity index (χ2v) is 5.22. The van der Waals surface area contributed by atoms with Crippen LogP contribution in [0.4, 0.5) is 13.2 Å². The average Bonchev–Trinajstić information content (AvgIpc) is 2.93. The van der Waals surface area contributed by atoms with Gasteiger partial charge in [-0.1, -0.05) is 17.3 Å². The number of amides is 1. The summed E-state index contributed by atoms with van der Waals surface area (Å²) in [5, 5.41) is 3.66. The minimum absolute atomic E-state index is 0.0724. The third kappa shape index (κ3) is 3.72. The summed E-state index contributed by atoms with van der Waals surface area (Å²) in [6.07, 6.45) is -4.42. The molecule has 1 unspecified atom stereocenters. The Labute approximate surface area is 131 Å². The van der Waals surface area contributed by atoms with Gasteiger partial charge in [-0.15, -0.1) is 0 Å². The first-order valence-corrected chi connectivity index (χ1v) is 7.15. The zero-order valence-corrected chi connectivity index (χ0v) is 13.0. The Bertz CT molecular complexity index is 695. The van der Waals surface area contributed by atoms with Crippen LogP contribution in [-0.4, -0.2) is 22.5 Å². The Morgan fingerprint density at radius 3 is 2.57 bits per heavy atom. The molecule has 1 aromatic heterocycles. The fraction of sp³-hybridized carbons (Fsp3) is 0.375. The van der Waals surface area contributed by atoms with Gasteiger partial charge in [0.05, 0.1) is 17.3 Å². The highest BCUT2D eigenvalue weighted by atomic mass is 19.4. The van der Waals surface area contributed by atoms with E-state index in [2.05, 4.69) is 5.16 Å². The predicted molar refractivity (Wildman–Crippen MR) is 77.8 cm³/mol. The van der Waals surface area contributed by atoms with Crippen molar-refractivity contribution in [3.05, 3.63) is 52.9 Å². The maximum atomic E-state index is 12.8. The molecule has 0 aliphatic carbocycles. The van der Waals surface area contributed by atoms with Crippen LogP contribution in [0.5, 0.6) is 0 Å². The van der Waals surface area contributed by atoms with Gasteiger partial charge in [0.1, 0.15) is 0 Å². The molecule has 1 aromatic carbocycles. The van der Waals surface area contributed by atoms with Crippen LogP contribution < -0.4 is 0 Å². The number of halogens is 3. The van der Waals surface area contributed by atoms with Crippen molar-refractivity contribution in [1.29, 1.82) is 0 Å². The van der Waals surface area contributed by atoms with E-state index in [0.717, 1.165) is 12.1 Å². The van der Waals surface area contributed by atoms with Crippen molar-refractivity contribution >= 4 is 5.91 Å². The largest absolute Gasteiger partial charge is 0.416 e. The van der Waals surface area contributed by atoms with Crippen LogP contribution in [0.25, 0.3) is 0 Å². The van der Waals surface area contributed by atoms with Gasteiger partial charge in [-0.25, -0.2) is 0 Å². The molecule has 0 N–H and O–H groups in total. The lowest BCUT2D eigenvalue weighted by atomic mass is 10.0. The average molecular weight is 326 g/mol. The molecular formula is C16H17F3N2O2. The monoisotopic (exact) mass is 326 g/mol. The van der Waals surface area contributed by atoms with Gasteiger partial charge in [0, 0.05) is 12.6 Å². The van der Waals surface area contributed by atoms with E-state index in [1.807, 2.05) is 0 Å². The van der Waals surface area contributed by atoms with Gasteiger partial charge < -0.3 is 9.42 Å². The molecule has 0 aliphatic heterocycles. The summed E-state index contributed by atoms with van der Waals surface area (Å²) in [7, 11) is 0. The highest BCUT2D eigenvalue weighted by Crippen LogP contribution is 2.32. The van der Waals surface area contributed by atoms with Crippen molar-refractivity contribution in [3.63, 3.8) is 0 Å². The Morgan fingerprint density at radius 1 is 1.35 bits per heavy atom. The Morgan fingerprint density at radius 2 is 2.04 bits per heavy atom. The van der Waals surface area contributed by atoms with Crippen LogP contribution in [0.2, 0.25) is 0 Å². The molecule has 0 saturated heterocycles. The lowest BCUT2D eigenvalue weighted by Crippen LogP contribution is -2.33. The van der Waals surface area contributed by atoms with Crippen LogP contribution in [0.1, 0.15) is 47.3 Å². The summed E-state index contributed by atoms with van der Waals surface area (Å²) in [5.74, 6) is -0.332. The second-order valence-electron chi connectivity index (χ2n) is 5.22. The van der Waals surface area contributed by atoms with E-state index in [9.17, 15) is 18.0 Å². The smallest absolute Gasteiger partial charge is 0.351 e. The minimum Gasteiger partial charge on any atom is -0.351 e. The molecule has 0 spiro atoms. The van der Waals surface area contributed by atoms with Gasteiger partial charge in [-0.2, -0.15) is 13.2 Å². The molecule has 124 valence electrons. The summed E-state index contributed by atoms with van der Waals surface area (Å²) in [6.45, 7) is 5.45. The molecule has 0 aliphatic rings. The SMILES string of the molecule is CCN(C(=O)c1cc(C)no1)C(C)c1cccc(C(F)(F)F)c1. The van der Waals surface area contributed by atoms with E-state index >= 15 is 0 Å². The van der Waals surface area contributed by atoms with Crippen molar-refractivity contribution in [3.8, 4) is 0 Å². The Balaban J connectivity index is 2.30. The van der Waals surface area contributed by atoms with Gasteiger partial charge in [0.2, 0.25) is 5.76 Å². The number of nitrogens with zero attached hydrogens (tertiary/aromatic N) is 2. The molecule has 1 heterocycles. The van der Waals surface area contributed by atoms with Gasteiger partial charge in [-0.05, 0) is 38.5 Å². The zero-order chi connectivity index (χ0) is 17.2. The van der Waals surface area contributed by atoms with Crippen LogP contribution in [-0.2, 0) is 6.18 Å². The molecule has 2 rings (SSSR count). The highest BCUT2D eigenvalue weighted by molar-refractivity contribution is 5.91. The summed E-state index contributed by atoms with van der Waals surface area (Å²) >= 11 is 0. The van der Waals surface area contributed by atoms with Crippen LogP contribution in [0, 0.1) is 6.92 Å². The van der Waals surface area contributed by atoms with Crippen molar-refractivity contribution in [2.75, 3.05) is 6.54 Å². The summed E-state index contributed by atoms with van der Waals surface area (Å²) in [4.78, 5) is 13.9. The van der Waals surface area contributed by atoms with Crippen molar-refractivity contribution in [2.24, 2.45) is 0 Å². The number of aromatic nitrogens is 1. The molecule has 2 aromatic rings. The Kier molecular flexibility index (Phi) is 4.77. The quantitative estimate of drug-likeness (QED) is 0.845. The minimum atomic E-state index is -4.42. The van der Waals surface area contributed by atoms with E-state index < -0.39 is 23.7 Å². The predicted octanol–water partition coefficient (Wildman–Crippen LogP) is 4.23. The maximum absolute atomic E-state index is 12.8. The number of hydrogen-bond acceptors (Lipinski definition) is 3. The number of rotatable bonds is 4. The number of carbonyl (C=O) groups excluding carboxylic acids is 1. The molecule has 4 nitrogen and oxygen atoms in total. The molecule has 1 amide bonds. The first kappa shape index (κ1) is 17.1. The molecule has 7 heteroatoms. The van der Waals surface area contributed by atoms with Gasteiger partial charge in [0.15, 0.2) is 0 Å². The number of carbonyl (C=O) groups is 1. The second kappa shape index (κ2) is 6.44. The third-order valence-electron chi connectivity index (χ3n) is 3.60. The molecule has 0 fully saturated rings. The highest BCUT2D eigenvalue weighted by Gasteiger charge is 2.32. The van der Waals surface area contributed by atoms with E-state index in [1.54, 1.807) is 26.8 Å². The fourth-order valence-corrected chi connectivity index (χ4v) is 2.35. The van der Waals surface area contributed by atoms with Gasteiger partial charge in [0.25, 0.3) is 5.91 Å². The number of benzene rings is 1. The van der Waals surface area contributed by atoms with Crippen LogP contribution in [0.3, 0.4) is 0 Å². The van der Waals surface area contributed by atoms with E-state index in [-0.39, 0.29) is 5.76 Å². The van der Waals surface area contributed by atoms with E-state index in [1.165, 1.54) is 17.0 Å². The summed E-state index contributed by atoms with van der Waals surface area (Å²) < 4.78 is 43.5. The lowest BCUT2D eigenvalue weighted by Gasteiger charge is -2.27. The maximum Gasteiger partial charge on any atom is 0.416 e. The van der Waals surface area contributed by atoms with Crippen molar-refractivity contribution in [2.45, 2.75) is 33.0 Å². The molecule has 0 bridgehead atoms. The van der Waals surface area contributed by atoms with Crippen molar-refractivity contribution < 1.29 is 22.5 Å². The molecule has 0 radical (unpaired) electrons. The third-order valence-corrected chi connectivity index (χ3v) is 3.60. The summed E-state index contributed by atoms with van der Waals surface area (Å²) in [6, 6.07) is 5.96. The summed E-state index contributed by atoms with van der Waals surface area (Å²) in [5.41, 5.74) is 0.239. The van der Waals surface area contributed by atoms with Gasteiger partial charge >= 0.3 is 6.18 Å². The topological polar surface area (TPSA) is 46.3 Å². The van der Waals surface area contributed by atoms with E-state index in [0.29, 0.717) is 17.8 Å². The molecule has 0 saturated carbocycles. The molecular weight excluding hydrogens is 309 g/mol. The molecule has 1 atom stereocenters. The number of aryl methyl sites for hydroxylation is 1. The van der Waals surface area contributed by atoms with Crippen molar-refractivity contribution in [1.82, 2.24) is 10.1 Å². The molecule has 23 heavy (non-hydrogen) atoms. The van der Waals surface area contributed by atoms with Crippen LogP contribution >= 0.6 is 0 Å².